The highest BCUT2D eigenvalue weighted by Gasteiger charge is 2.02. The molecule has 0 fully saturated rings. The van der Waals surface area contributed by atoms with Crippen LogP contribution >= 0.6 is 0 Å². The predicted octanol–water partition coefficient (Wildman–Crippen LogP) is 2.71. The SMILES string of the molecule is CCNC(=NCc1ccc(N(C)C)cc1)NCCCn1nc(C)cc1C. The van der Waals surface area contributed by atoms with Crippen molar-refractivity contribution >= 4 is 11.6 Å². The lowest BCUT2D eigenvalue weighted by Gasteiger charge is -2.13. The molecule has 6 nitrogen and oxygen atoms in total. The molecule has 0 amide bonds. The summed E-state index contributed by atoms with van der Waals surface area (Å²) in [6, 6.07) is 10.6. The Balaban J connectivity index is 1.83. The summed E-state index contributed by atoms with van der Waals surface area (Å²) in [4.78, 5) is 6.78. The number of benzene rings is 1. The van der Waals surface area contributed by atoms with Crippen LogP contribution < -0.4 is 15.5 Å². The third kappa shape index (κ3) is 6.10. The van der Waals surface area contributed by atoms with E-state index >= 15 is 0 Å². The van der Waals surface area contributed by atoms with E-state index in [0.29, 0.717) is 6.54 Å². The molecule has 0 bridgehead atoms. The normalized spacial score (nSPS) is 11.5. The first-order valence-electron chi connectivity index (χ1n) is 9.29. The van der Waals surface area contributed by atoms with Gasteiger partial charge >= 0.3 is 0 Å². The van der Waals surface area contributed by atoms with Gasteiger partial charge in [0.2, 0.25) is 0 Å². The molecule has 2 rings (SSSR count). The highest BCUT2D eigenvalue weighted by molar-refractivity contribution is 5.79. The summed E-state index contributed by atoms with van der Waals surface area (Å²) in [7, 11) is 4.10. The van der Waals surface area contributed by atoms with Crippen molar-refractivity contribution in [2.45, 2.75) is 40.3 Å². The molecule has 2 N–H and O–H groups in total. The maximum Gasteiger partial charge on any atom is 0.191 e. The number of anilines is 1. The van der Waals surface area contributed by atoms with Crippen molar-refractivity contribution in [1.29, 1.82) is 0 Å². The van der Waals surface area contributed by atoms with E-state index in [4.69, 9.17) is 0 Å². The van der Waals surface area contributed by atoms with Crippen molar-refractivity contribution in [3.05, 3.63) is 47.3 Å². The average molecular weight is 357 g/mol. The number of aryl methyl sites for hydroxylation is 3. The first-order valence-corrected chi connectivity index (χ1v) is 9.29. The summed E-state index contributed by atoms with van der Waals surface area (Å²) in [5.41, 5.74) is 4.69. The van der Waals surface area contributed by atoms with Crippen molar-refractivity contribution in [2.24, 2.45) is 4.99 Å². The molecular weight excluding hydrogens is 324 g/mol. The fourth-order valence-corrected chi connectivity index (χ4v) is 2.75. The molecule has 0 aliphatic carbocycles. The van der Waals surface area contributed by atoms with Crippen LogP contribution in [0.25, 0.3) is 0 Å². The Morgan fingerprint density at radius 3 is 2.46 bits per heavy atom. The molecule has 0 aliphatic rings. The number of rotatable bonds is 8. The first kappa shape index (κ1) is 19.8. The van der Waals surface area contributed by atoms with E-state index in [0.717, 1.165) is 37.7 Å². The highest BCUT2D eigenvalue weighted by atomic mass is 15.3. The molecule has 0 aliphatic heterocycles. The van der Waals surface area contributed by atoms with Crippen molar-refractivity contribution in [2.75, 3.05) is 32.1 Å². The maximum atomic E-state index is 4.68. The Labute approximate surface area is 157 Å². The van der Waals surface area contributed by atoms with Gasteiger partial charge in [0.15, 0.2) is 5.96 Å². The second kappa shape index (κ2) is 9.85. The zero-order valence-corrected chi connectivity index (χ0v) is 16.7. The smallest absolute Gasteiger partial charge is 0.191 e. The van der Waals surface area contributed by atoms with Gasteiger partial charge in [-0.15, -0.1) is 0 Å². The van der Waals surface area contributed by atoms with Gasteiger partial charge in [0, 0.05) is 45.1 Å². The molecule has 1 heterocycles. The van der Waals surface area contributed by atoms with Crippen LogP contribution in [0.15, 0.2) is 35.3 Å². The average Bonchev–Trinajstić information content (AvgIpc) is 2.94. The largest absolute Gasteiger partial charge is 0.378 e. The molecule has 142 valence electrons. The predicted molar refractivity (Wildman–Crippen MR) is 110 cm³/mol. The molecule has 0 saturated carbocycles. The molecular formula is C20H32N6. The standard InChI is InChI=1S/C20H32N6/c1-6-21-20(22-12-7-13-26-17(3)14-16(2)24-26)23-15-18-8-10-19(11-9-18)25(4)5/h8-11,14H,6-7,12-13,15H2,1-5H3,(H2,21,22,23). The maximum absolute atomic E-state index is 4.68. The van der Waals surface area contributed by atoms with Crippen LogP contribution in [0, 0.1) is 13.8 Å². The lowest BCUT2D eigenvalue weighted by atomic mass is 10.2. The Morgan fingerprint density at radius 2 is 1.88 bits per heavy atom. The fraction of sp³-hybridized carbons (Fsp3) is 0.500. The zero-order chi connectivity index (χ0) is 18.9. The number of aliphatic imine (C=N–C) groups is 1. The van der Waals surface area contributed by atoms with Gasteiger partial charge in [-0.2, -0.15) is 5.10 Å². The van der Waals surface area contributed by atoms with E-state index in [2.05, 4.69) is 74.5 Å². The van der Waals surface area contributed by atoms with E-state index < -0.39 is 0 Å². The summed E-state index contributed by atoms with van der Waals surface area (Å²) in [6.45, 7) is 9.51. The Morgan fingerprint density at radius 1 is 1.15 bits per heavy atom. The minimum Gasteiger partial charge on any atom is -0.378 e. The summed E-state index contributed by atoms with van der Waals surface area (Å²) >= 11 is 0. The minimum absolute atomic E-state index is 0.667. The lowest BCUT2D eigenvalue weighted by molar-refractivity contribution is 0.555. The molecule has 0 spiro atoms. The molecule has 0 atom stereocenters. The zero-order valence-electron chi connectivity index (χ0n) is 16.7. The summed E-state index contributed by atoms with van der Waals surface area (Å²) in [6.07, 6.45) is 1.00. The van der Waals surface area contributed by atoms with Gasteiger partial charge in [-0.3, -0.25) is 4.68 Å². The van der Waals surface area contributed by atoms with Gasteiger partial charge in [-0.25, -0.2) is 4.99 Å². The van der Waals surface area contributed by atoms with E-state index in [9.17, 15) is 0 Å². The quantitative estimate of drug-likeness (QED) is 0.434. The third-order valence-electron chi connectivity index (χ3n) is 4.16. The Kier molecular flexibility index (Phi) is 7.51. The van der Waals surface area contributed by atoms with E-state index in [1.807, 2.05) is 21.0 Å². The van der Waals surface area contributed by atoms with Crippen molar-refractivity contribution < 1.29 is 0 Å². The molecule has 0 saturated heterocycles. The van der Waals surface area contributed by atoms with E-state index in [-0.39, 0.29) is 0 Å². The minimum atomic E-state index is 0.667. The second-order valence-electron chi connectivity index (χ2n) is 6.69. The van der Waals surface area contributed by atoms with Crippen LogP contribution in [0.3, 0.4) is 0 Å². The summed E-state index contributed by atoms with van der Waals surface area (Å²) in [5, 5.41) is 11.2. The summed E-state index contributed by atoms with van der Waals surface area (Å²) in [5.74, 6) is 0.859. The van der Waals surface area contributed by atoms with Gasteiger partial charge in [-0.05, 0) is 51.0 Å². The van der Waals surface area contributed by atoms with Crippen LogP contribution in [-0.4, -0.2) is 42.9 Å². The van der Waals surface area contributed by atoms with E-state index in [1.165, 1.54) is 16.9 Å². The van der Waals surface area contributed by atoms with Crippen molar-refractivity contribution in [3.8, 4) is 0 Å². The van der Waals surface area contributed by atoms with Gasteiger partial charge in [-0.1, -0.05) is 12.1 Å². The van der Waals surface area contributed by atoms with Gasteiger partial charge in [0.1, 0.15) is 0 Å². The van der Waals surface area contributed by atoms with Gasteiger partial charge in [0.25, 0.3) is 0 Å². The highest BCUT2D eigenvalue weighted by Crippen LogP contribution is 2.12. The molecule has 2 aromatic rings. The Hall–Kier alpha value is -2.50. The molecule has 0 unspecified atom stereocenters. The van der Waals surface area contributed by atoms with E-state index in [1.54, 1.807) is 0 Å². The van der Waals surface area contributed by atoms with Gasteiger partial charge in [0.05, 0.1) is 12.2 Å². The van der Waals surface area contributed by atoms with Crippen LogP contribution in [0.4, 0.5) is 5.69 Å². The van der Waals surface area contributed by atoms with Crippen molar-refractivity contribution in [3.63, 3.8) is 0 Å². The topological polar surface area (TPSA) is 57.5 Å². The number of aromatic nitrogens is 2. The number of hydrogen-bond acceptors (Lipinski definition) is 3. The lowest BCUT2D eigenvalue weighted by Crippen LogP contribution is -2.38. The monoisotopic (exact) mass is 356 g/mol. The van der Waals surface area contributed by atoms with Crippen LogP contribution in [-0.2, 0) is 13.1 Å². The van der Waals surface area contributed by atoms with Crippen LogP contribution in [0.1, 0.15) is 30.3 Å². The second-order valence-corrected chi connectivity index (χ2v) is 6.69. The molecule has 0 radical (unpaired) electrons. The number of guanidine groups is 1. The number of hydrogen-bond donors (Lipinski definition) is 2. The summed E-state index contributed by atoms with van der Waals surface area (Å²) < 4.78 is 2.06. The fourth-order valence-electron chi connectivity index (χ4n) is 2.75. The third-order valence-corrected chi connectivity index (χ3v) is 4.16. The van der Waals surface area contributed by atoms with Crippen molar-refractivity contribution in [1.82, 2.24) is 20.4 Å². The number of nitrogens with one attached hydrogen (secondary N) is 2. The molecule has 1 aromatic carbocycles. The molecule has 1 aromatic heterocycles. The molecule has 6 heteroatoms. The van der Waals surface area contributed by atoms with Gasteiger partial charge < -0.3 is 15.5 Å². The Bertz CT molecular complexity index is 700. The first-order chi connectivity index (χ1) is 12.5. The molecule has 26 heavy (non-hydrogen) atoms. The number of nitrogens with zero attached hydrogens (tertiary/aromatic N) is 4. The van der Waals surface area contributed by atoms with Crippen LogP contribution in [0.2, 0.25) is 0 Å². The van der Waals surface area contributed by atoms with Crippen LogP contribution in [0.5, 0.6) is 0 Å².